The first-order valence-electron chi connectivity index (χ1n) is 54.4. The van der Waals surface area contributed by atoms with Crippen molar-refractivity contribution in [3.63, 3.8) is 0 Å². The Labute approximate surface area is 899 Å². The van der Waals surface area contributed by atoms with Crippen molar-refractivity contribution in [2.45, 2.75) is 234 Å². The van der Waals surface area contributed by atoms with Crippen molar-refractivity contribution in [3.8, 4) is 0 Å². The number of likely N-dealkylation sites (N-methyl/N-ethyl adjacent to an activating group) is 3. The molecule has 11 aliphatic heterocycles. The molecule has 0 bridgehead atoms. The molecule has 0 aliphatic carbocycles. The van der Waals surface area contributed by atoms with Crippen molar-refractivity contribution in [1.29, 1.82) is 0 Å². The lowest BCUT2D eigenvalue weighted by molar-refractivity contribution is -0.137. The van der Waals surface area contributed by atoms with E-state index in [9.17, 15) is 43.2 Å². The first-order valence-corrected chi connectivity index (χ1v) is 57.3. The third-order valence-electron chi connectivity index (χ3n) is 32.1. The summed E-state index contributed by atoms with van der Waals surface area (Å²) in [6.07, 6.45) is 12.2. The topological polar surface area (TPSA) is 257 Å². The van der Waals surface area contributed by atoms with Crippen molar-refractivity contribution in [3.05, 3.63) is 250 Å². The summed E-state index contributed by atoms with van der Waals surface area (Å²) in [7, 11) is 6.56. The number of aromatic amines is 1. The van der Waals surface area contributed by atoms with Crippen LogP contribution in [0.25, 0.3) is 11.2 Å². The summed E-state index contributed by atoms with van der Waals surface area (Å²) in [5.74, 6) is 0.281. The highest BCUT2D eigenvalue weighted by Gasteiger charge is 2.50. The monoisotopic (exact) mass is 2090 g/mol. The molecule has 6 unspecified atom stereocenters. The minimum atomic E-state index is -0.436. The molecule has 20 rings (SSSR count). The molecule has 31 heteroatoms. The second kappa shape index (κ2) is 47.7. The van der Waals surface area contributed by atoms with Gasteiger partial charge in [-0.2, -0.15) is 0 Å². The van der Waals surface area contributed by atoms with Gasteiger partial charge in [0, 0.05) is 258 Å². The molecule has 2 aromatic heterocycles. The number of piperidine rings is 3. The average Bonchev–Trinajstić information content (AvgIpc) is 1.63. The van der Waals surface area contributed by atoms with E-state index >= 15 is 0 Å². The van der Waals surface area contributed by atoms with Crippen molar-refractivity contribution < 1.29 is 44.1 Å². The molecule has 802 valence electrons. The Kier molecular flexibility index (Phi) is 34.4. The minimum Gasteiger partial charge on any atom is -0.370 e. The lowest BCUT2D eigenvalue weighted by Gasteiger charge is -2.38. The van der Waals surface area contributed by atoms with Crippen molar-refractivity contribution >= 4 is 122 Å². The number of nitrogens with zero attached hydrogens (tertiary/aromatic N) is 16. The van der Waals surface area contributed by atoms with Gasteiger partial charge in [0.05, 0.1) is 21.3 Å². The van der Waals surface area contributed by atoms with E-state index in [4.69, 9.17) is 0 Å². The fraction of sp³-hybridized carbons (Fsp3) is 0.525. The summed E-state index contributed by atoms with van der Waals surface area (Å²) in [5.41, 5.74) is 15.0. The van der Waals surface area contributed by atoms with E-state index in [0.717, 1.165) is 174 Å². The maximum Gasteiger partial charge on any atom is 0.327 e. The number of benzene rings is 7. The predicted molar refractivity (Wildman–Crippen MR) is 610 cm³/mol. The maximum atomic E-state index is 14.3. The number of hydrogen-bond donors (Lipinski definition) is 3. The number of hydrogen-bond acceptors (Lipinski definition) is 19. The Bertz CT molecular complexity index is 6240. The first kappa shape index (κ1) is 107. The average molecular weight is 2090 g/mol. The molecule has 28 nitrogen and oxygen atoms in total. The Morgan fingerprint density at radius 2 is 0.799 bits per heavy atom. The Morgan fingerprint density at radius 1 is 0.409 bits per heavy atom. The van der Waals surface area contributed by atoms with Gasteiger partial charge in [0.1, 0.15) is 16.1 Å². The van der Waals surface area contributed by atoms with Crippen molar-refractivity contribution in [2.24, 2.45) is 16.2 Å². The number of amides is 10. The van der Waals surface area contributed by atoms with Crippen LogP contribution in [0, 0.1) is 16.2 Å². The number of piperazine rings is 1. The largest absolute Gasteiger partial charge is 0.370 e. The molecule has 7 aromatic carbocycles. The van der Waals surface area contributed by atoms with E-state index in [1.54, 1.807) is 46.0 Å². The van der Waals surface area contributed by atoms with E-state index in [-0.39, 0.29) is 129 Å². The van der Waals surface area contributed by atoms with Crippen molar-refractivity contribution in [2.75, 3.05) is 171 Å². The molecular weight excluding hydrogens is 1920 g/mol. The fourth-order valence-corrected chi connectivity index (χ4v) is 28.0. The molecule has 0 radical (unpaired) electrons. The van der Waals surface area contributed by atoms with Crippen LogP contribution in [0.15, 0.2) is 205 Å². The highest BCUT2D eigenvalue weighted by Crippen LogP contribution is 2.53. The number of urea groups is 2. The number of likely N-dealkylation sites (tertiary alicyclic amines) is 5. The number of pyridine rings is 1. The van der Waals surface area contributed by atoms with Crippen LogP contribution in [-0.2, 0) is 54.7 Å². The number of carbonyl (C=O) groups excluding carboxylic acids is 8. The van der Waals surface area contributed by atoms with Gasteiger partial charge in [-0.15, -0.1) is 35.3 Å². The third-order valence-corrected chi connectivity index (χ3v) is 36.5. The summed E-state index contributed by atoms with van der Waals surface area (Å²) < 4.78 is 1.79. The van der Waals surface area contributed by atoms with Crippen LogP contribution >= 0.6 is 35.3 Å². The second-order valence-corrected chi connectivity index (χ2v) is 50.2. The van der Waals surface area contributed by atoms with Gasteiger partial charge in [-0.3, -0.25) is 48.1 Å². The maximum absolute atomic E-state index is 14.3. The molecule has 0 saturated carbocycles. The Balaban J connectivity index is 0.000000178. The lowest BCUT2D eigenvalue weighted by Crippen LogP contribution is -2.50. The zero-order chi connectivity index (χ0) is 105. The normalized spacial score (nSPS) is 22.8. The zero-order valence-electron chi connectivity index (χ0n) is 89.4. The number of anilines is 5. The Hall–Kier alpha value is -11.4. The van der Waals surface area contributed by atoms with E-state index < -0.39 is 15.7 Å². The molecule has 9 saturated heterocycles. The quantitative estimate of drug-likeness (QED) is 0.0455. The van der Waals surface area contributed by atoms with E-state index in [1.807, 2.05) is 82.8 Å². The summed E-state index contributed by atoms with van der Waals surface area (Å²) in [6, 6.07) is 67.5. The number of aromatic nitrogens is 3. The number of rotatable bonds is 26. The number of nitrogens with one attached hydrogen (secondary N) is 3. The van der Waals surface area contributed by atoms with Gasteiger partial charge in [-0.05, 0) is 165 Å². The minimum absolute atomic E-state index is 0. The van der Waals surface area contributed by atoms with Gasteiger partial charge in [-0.25, -0.2) is 19.4 Å². The molecule has 0 spiro atoms. The molecule has 149 heavy (non-hydrogen) atoms. The smallest absolute Gasteiger partial charge is 0.327 e. The fourth-order valence-electron chi connectivity index (χ4n) is 23.5. The van der Waals surface area contributed by atoms with Gasteiger partial charge in [0.25, 0.3) is 0 Å². The zero-order valence-corrected chi connectivity index (χ0v) is 91.9. The van der Waals surface area contributed by atoms with Gasteiger partial charge in [-0.1, -0.05) is 214 Å². The number of fused-ring (bicyclic) bond motifs is 3. The lowest BCUT2D eigenvalue weighted by atomic mass is 9.92. The van der Waals surface area contributed by atoms with Crippen LogP contribution < -0.4 is 31.0 Å². The van der Waals surface area contributed by atoms with Crippen molar-refractivity contribution in [1.82, 2.24) is 68.4 Å². The number of para-hydroxylation sites is 5. The second-order valence-electron chi connectivity index (χ2n) is 46.3. The molecule has 13 heterocycles. The number of H-pyrrole nitrogens is 1. The number of carbonyl (C=O) groups is 8. The molecular formula is C118H163N19O9S3. The predicted octanol–water partition coefficient (Wildman–Crippen LogP) is 19.2. The van der Waals surface area contributed by atoms with Crippen LogP contribution in [0.2, 0.25) is 0 Å². The molecule has 9 fully saturated rings. The van der Waals surface area contributed by atoms with Crippen LogP contribution in [0.3, 0.4) is 0 Å². The van der Waals surface area contributed by atoms with E-state index in [1.165, 1.54) is 28.1 Å². The van der Waals surface area contributed by atoms with Crippen LogP contribution in [0.4, 0.5) is 38.0 Å². The van der Waals surface area contributed by atoms with Gasteiger partial charge in [0.2, 0.25) is 35.4 Å². The van der Waals surface area contributed by atoms with Gasteiger partial charge < -0.3 is 69.4 Å². The Morgan fingerprint density at radius 3 is 1.23 bits per heavy atom. The molecule has 9 aromatic rings. The van der Waals surface area contributed by atoms with Crippen LogP contribution in [0.1, 0.15) is 213 Å². The summed E-state index contributed by atoms with van der Waals surface area (Å²) in [6.45, 7) is 36.6. The highest BCUT2D eigenvalue weighted by molar-refractivity contribution is 8.01. The van der Waals surface area contributed by atoms with Crippen LogP contribution in [0.5, 0.6) is 0 Å². The number of imidazole rings is 1. The highest BCUT2D eigenvalue weighted by atomic mass is 32.2. The SMILES string of the molecule is CN(c1ccccc1C1SC(CC(=O)N2CCC(N3CCc4ccccc4NC3=O)CC2)C(=O)N1CCC(C)(C)C)[C@H]1CCN(Cc2ccccc2)C1.CN(c1ccccc1C1SC(CC(=O)N2CCC(n3c(=O)[nH]c4ncccc43)CC2)C(=O)N1CCC(C)(C)C)[C@H]1CCN(Cc2ccccc2)C1.CN1CCN(c2ccccc2C2SC(CC(=O)N3CCC(N4CCc5ccccc5NC4=O)CC3)C(=O)N2CC(C)(C)C)CC1.[HH].[HH].[HH].[HH]. The summed E-state index contributed by atoms with van der Waals surface area (Å²) in [5, 5.41) is 4.47. The van der Waals surface area contributed by atoms with E-state index in [2.05, 4.69) is 284 Å². The molecule has 3 N–H and O–H groups in total. The van der Waals surface area contributed by atoms with Gasteiger partial charge >= 0.3 is 17.8 Å². The molecule has 11 aliphatic rings. The summed E-state index contributed by atoms with van der Waals surface area (Å²) >= 11 is 4.93. The number of thioether (sulfide) groups is 3. The van der Waals surface area contributed by atoms with E-state index in [0.29, 0.717) is 103 Å². The first-order chi connectivity index (χ1) is 71.7. The molecule has 8 atom stereocenters. The summed E-state index contributed by atoms with van der Waals surface area (Å²) in [4.78, 5) is 160. The standard InChI is InChI=1S/C43H56N6O3S.C40H51N7O3S.C35H48N6O3S.4H2/c1-43(2,3)22-27-49-40(51)38(28-39(50)47-24-20-33(21-25-47)48-26-18-32-14-8-10-16-36(32)44-42(48)52)53-41(49)35-15-9-11-17-37(35)45(4)34-19-23-46(30-34)29-31-12-6-5-7-13-31;1-40(2,3)19-24-46-37(49)34(25-35(48)45-22-17-29(18-23-45)47-33-15-10-20-41-36(33)42-39(47)50)51-38(46)31-13-8-9-14-32(31)43(4)30-16-21-44(27-30)26-28-11-6-5-7-12-28;1-35(2,3)24-41-32(43)30(45-33(41)27-10-6-8-12-29(27)38-21-19-37(4)20-22-38)23-31(42)39-16-14-26(15-17-39)40-18-13-25-9-5-7-11-28(25)36-34(40)44;;;;/h5-17,33-34,38,41H,18-30H2,1-4H3,(H,44,52);5-15,20,29-30,34,38H,16-19,21-27H2,1-4H3,(H,41,42,50);5-12,26,30,33H,13-24H2,1-4H3,(H,36,44);4*1H/t34-,38?,41?;30-,34?,38?;;;;;/m00...../s1. The van der Waals surface area contributed by atoms with Gasteiger partial charge in [0.15, 0.2) is 5.65 Å². The van der Waals surface area contributed by atoms with Crippen LogP contribution in [-0.4, -0.2) is 301 Å². The third kappa shape index (κ3) is 26.2. The molecule has 10 amide bonds.